The minimum absolute atomic E-state index is 0.190. The van der Waals surface area contributed by atoms with Gasteiger partial charge in [-0.05, 0) is 30.5 Å². The molecule has 0 saturated heterocycles. The summed E-state index contributed by atoms with van der Waals surface area (Å²) in [6, 6.07) is 6.46. The van der Waals surface area contributed by atoms with Gasteiger partial charge in [0.05, 0.1) is 6.04 Å². The normalized spacial score (nSPS) is 12.5. The fourth-order valence-corrected chi connectivity index (χ4v) is 3.40. The van der Waals surface area contributed by atoms with E-state index in [1.807, 2.05) is 26.8 Å². The Balaban J connectivity index is 1.83. The standard InChI is InChI=1S/C18H19N3O3S/c1-9(2)16(19)18-21-13(8-25-18)17(23)20-11-4-5-12-10(3)6-15(22)24-14(12)7-11/h4-9,16H,19H2,1-3H3,(H,20,23)/t16-/m0/s1. The second-order valence-electron chi connectivity index (χ2n) is 6.25. The number of hydrogen-bond acceptors (Lipinski definition) is 6. The molecule has 0 unspecified atom stereocenters. The quantitative estimate of drug-likeness (QED) is 0.697. The van der Waals surface area contributed by atoms with Crippen LogP contribution in [0.25, 0.3) is 11.0 Å². The highest BCUT2D eigenvalue weighted by Crippen LogP contribution is 2.24. The summed E-state index contributed by atoms with van der Waals surface area (Å²) in [6.07, 6.45) is 0. The summed E-state index contributed by atoms with van der Waals surface area (Å²) >= 11 is 1.37. The number of thiazole rings is 1. The predicted octanol–water partition coefficient (Wildman–Crippen LogP) is 3.47. The van der Waals surface area contributed by atoms with E-state index >= 15 is 0 Å². The number of hydrogen-bond donors (Lipinski definition) is 2. The first-order chi connectivity index (χ1) is 11.8. The van der Waals surface area contributed by atoms with Gasteiger partial charge in [-0.15, -0.1) is 11.3 Å². The van der Waals surface area contributed by atoms with Gasteiger partial charge in [0.25, 0.3) is 5.91 Å². The van der Waals surface area contributed by atoms with Crippen LogP contribution < -0.4 is 16.7 Å². The lowest BCUT2D eigenvalue weighted by molar-refractivity contribution is 0.102. The topological polar surface area (TPSA) is 98.2 Å². The Morgan fingerprint density at radius 1 is 1.32 bits per heavy atom. The molecule has 0 aliphatic heterocycles. The molecular weight excluding hydrogens is 338 g/mol. The smallest absolute Gasteiger partial charge is 0.336 e. The largest absolute Gasteiger partial charge is 0.423 e. The summed E-state index contributed by atoms with van der Waals surface area (Å²) in [4.78, 5) is 28.2. The van der Waals surface area contributed by atoms with Gasteiger partial charge in [0.15, 0.2) is 0 Å². The summed E-state index contributed by atoms with van der Waals surface area (Å²) in [6.45, 7) is 5.86. The first-order valence-electron chi connectivity index (χ1n) is 7.92. The Hall–Kier alpha value is -2.51. The zero-order chi connectivity index (χ0) is 18.1. The third kappa shape index (κ3) is 3.62. The van der Waals surface area contributed by atoms with Crippen LogP contribution in [-0.4, -0.2) is 10.9 Å². The van der Waals surface area contributed by atoms with Gasteiger partial charge in [0, 0.05) is 28.6 Å². The van der Waals surface area contributed by atoms with Crippen LogP contribution in [0.5, 0.6) is 0 Å². The molecule has 1 aromatic carbocycles. The van der Waals surface area contributed by atoms with E-state index < -0.39 is 5.63 Å². The molecule has 2 aromatic heterocycles. The fraction of sp³-hybridized carbons (Fsp3) is 0.278. The van der Waals surface area contributed by atoms with Crippen LogP contribution in [0.2, 0.25) is 0 Å². The SMILES string of the molecule is Cc1cc(=O)oc2cc(NC(=O)c3csc([C@@H](N)C(C)C)n3)ccc12. The molecule has 3 N–H and O–H groups in total. The molecule has 1 atom stereocenters. The molecule has 6 nitrogen and oxygen atoms in total. The monoisotopic (exact) mass is 357 g/mol. The van der Waals surface area contributed by atoms with E-state index in [0.717, 1.165) is 16.0 Å². The van der Waals surface area contributed by atoms with Crippen molar-refractivity contribution in [3.8, 4) is 0 Å². The van der Waals surface area contributed by atoms with Crippen molar-refractivity contribution >= 4 is 33.9 Å². The van der Waals surface area contributed by atoms with Crippen LogP contribution in [0, 0.1) is 12.8 Å². The maximum atomic E-state index is 12.4. The number of benzene rings is 1. The van der Waals surface area contributed by atoms with Crippen LogP contribution in [0.3, 0.4) is 0 Å². The number of fused-ring (bicyclic) bond motifs is 1. The van der Waals surface area contributed by atoms with Crippen LogP contribution in [0.1, 0.15) is 40.9 Å². The first-order valence-corrected chi connectivity index (χ1v) is 8.80. The summed E-state index contributed by atoms with van der Waals surface area (Å²) in [7, 11) is 0. The molecule has 0 spiro atoms. The molecular formula is C18H19N3O3S. The molecule has 1 amide bonds. The van der Waals surface area contributed by atoms with Gasteiger partial charge in [0.2, 0.25) is 0 Å². The number of nitrogens with zero attached hydrogens (tertiary/aromatic N) is 1. The van der Waals surface area contributed by atoms with Gasteiger partial charge in [-0.1, -0.05) is 13.8 Å². The van der Waals surface area contributed by atoms with Crippen LogP contribution in [0.4, 0.5) is 5.69 Å². The third-order valence-corrected chi connectivity index (χ3v) is 4.91. The number of carbonyl (C=O) groups excluding carboxylic acids is 1. The van der Waals surface area contributed by atoms with Gasteiger partial charge >= 0.3 is 5.63 Å². The van der Waals surface area contributed by atoms with Crippen molar-refractivity contribution in [3.63, 3.8) is 0 Å². The molecule has 3 rings (SSSR count). The average Bonchev–Trinajstić information content (AvgIpc) is 3.03. The Morgan fingerprint density at radius 2 is 2.08 bits per heavy atom. The van der Waals surface area contributed by atoms with Crippen molar-refractivity contribution in [1.82, 2.24) is 4.98 Å². The van der Waals surface area contributed by atoms with Crippen LogP contribution in [0.15, 0.2) is 38.9 Å². The number of nitrogens with one attached hydrogen (secondary N) is 1. The van der Waals surface area contributed by atoms with Crippen LogP contribution >= 0.6 is 11.3 Å². The van der Waals surface area contributed by atoms with Crippen molar-refractivity contribution in [2.24, 2.45) is 11.7 Å². The number of aromatic nitrogens is 1. The summed E-state index contributed by atoms with van der Waals surface area (Å²) in [5, 5.41) is 6.03. The van der Waals surface area contributed by atoms with Crippen LogP contribution in [-0.2, 0) is 0 Å². The van der Waals surface area contributed by atoms with E-state index in [1.54, 1.807) is 17.5 Å². The van der Waals surface area contributed by atoms with E-state index in [1.165, 1.54) is 17.4 Å². The molecule has 7 heteroatoms. The second kappa shape index (κ2) is 6.78. The Bertz CT molecular complexity index is 991. The van der Waals surface area contributed by atoms with Crippen molar-refractivity contribution in [3.05, 3.63) is 56.3 Å². The highest BCUT2D eigenvalue weighted by molar-refractivity contribution is 7.09. The van der Waals surface area contributed by atoms with Crippen molar-refractivity contribution in [2.45, 2.75) is 26.8 Å². The lowest BCUT2D eigenvalue weighted by Crippen LogP contribution is -2.17. The number of aryl methyl sites for hydroxylation is 1. The highest BCUT2D eigenvalue weighted by atomic mass is 32.1. The predicted molar refractivity (Wildman–Crippen MR) is 99.1 cm³/mol. The molecule has 25 heavy (non-hydrogen) atoms. The maximum Gasteiger partial charge on any atom is 0.336 e. The summed E-state index contributed by atoms with van der Waals surface area (Å²) in [5.41, 5.74) is 7.77. The Morgan fingerprint density at radius 3 is 2.80 bits per heavy atom. The number of nitrogens with two attached hydrogens (primary N) is 1. The van der Waals surface area contributed by atoms with Gasteiger partial charge in [-0.2, -0.15) is 0 Å². The fourth-order valence-electron chi connectivity index (χ4n) is 2.43. The third-order valence-electron chi connectivity index (χ3n) is 3.97. The molecule has 0 aliphatic rings. The Labute approximate surface area is 148 Å². The lowest BCUT2D eigenvalue weighted by Gasteiger charge is -2.11. The molecule has 2 heterocycles. The van der Waals surface area contributed by atoms with Gasteiger partial charge in [-0.3, -0.25) is 4.79 Å². The molecule has 0 aliphatic carbocycles. The number of carbonyl (C=O) groups is 1. The van der Waals surface area contributed by atoms with Crippen molar-refractivity contribution < 1.29 is 9.21 Å². The number of amides is 1. The summed E-state index contributed by atoms with van der Waals surface area (Å²) in [5.74, 6) is -0.0820. The van der Waals surface area contributed by atoms with E-state index in [2.05, 4.69) is 10.3 Å². The lowest BCUT2D eigenvalue weighted by atomic mass is 10.1. The molecule has 130 valence electrons. The highest BCUT2D eigenvalue weighted by Gasteiger charge is 2.18. The average molecular weight is 357 g/mol. The number of anilines is 1. The van der Waals surface area contributed by atoms with Gasteiger partial charge < -0.3 is 15.5 Å². The molecule has 0 bridgehead atoms. The molecule has 0 saturated carbocycles. The Kier molecular flexibility index (Phi) is 4.69. The molecule has 0 fully saturated rings. The number of rotatable bonds is 4. The van der Waals surface area contributed by atoms with E-state index in [4.69, 9.17) is 10.2 Å². The van der Waals surface area contributed by atoms with Crippen molar-refractivity contribution in [2.75, 3.05) is 5.32 Å². The van der Waals surface area contributed by atoms with Crippen molar-refractivity contribution in [1.29, 1.82) is 0 Å². The second-order valence-corrected chi connectivity index (χ2v) is 7.14. The van der Waals surface area contributed by atoms with E-state index in [0.29, 0.717) is 17.0 Å². The van der Waals surface area contributed by atoms with E-state index in [9.17, 15) is 9.59 Å². The van der Waals surface area contributed by atoms with E-state index in [-0.39, 0.29) is 17.9 Å². The molecule has 0 radical (unpaired) electrons. The minimum Gasteiger partial charge on any atom is -0.423 e. The minimum atomic E-state index is -0.416. The van der Waals surface area contributed by atoms with Gasteiger partial charge in [-0.25, -0.2) is 9.78 Å². The van der Waals surface area contributed by atoms with Gasteiger partial charge in [0.1, 0.15) is 16.3 Å². The maximum absolute atomic E-state index is 12.4. The first kappa shape index (κ1) is 17.3. The zero-order valence-corrected chi connectivity index (χ0v) is 15.0. The zero-order valence-electron chi connectivity index (χ0n) is 14.2. The molecule has 3 aromatic rings. The summed E-state index contributed by atoms with van der Waals surface area (Å²) < 4.78 is 5.20.